The zero-order valence-electron chi connectivity index (χ0n) is 25.2. The molecule has 212 valence electrons. The van der Waals surface area contributed by atoms with Crippen LogP contribution in [0.4, 0.5) is 17.1 Å². The van der Waals surface area contributed by atoms with Crippen LogP contribution in [0.5, 0.6) is 0 Å². The van der Waals surface area contributed by atoms with Crippen molar-refractivity contribution in [3.8, 4) is 0 Å². The maximum atomic E-state index is 2.39. The van der Waals surface area contributed by atoms with Crippen molar-refractivity contribution in [1.82, 2.24) is 4.48 Å². The molecule has 0 aliphatic rings. The predicted octanol–water partition coefficient (Wildman–Crippen LogP) is 12.7. The zero-order valence-corrected chi connectivity index (χ0v) is 25.2. The van der Waals surface area contributed by atoms with Gasteiger partial charge in [-0.25, -0.2) is 4.48 Å². The third-order valence-corrected chi connectivity index (χ3v) is 8.65. The Kier molecular flexibility index (Phi) is 15.0. The van der Waals surface area contributed by atoms with E-state index >= 15 is 0 Å². The van der Waals surface area contributed by atoms with Crippen molar-refractivity contribution in [1.29, 1.82) is 0 Å². The summed E-state index contributed by atoms with van der Waals surface area (Å²) in [5.74, 6) is 0. The molecule has 39 heavy (non-hydrogen) atoms. The van der Waals surface area contributed by atoms with Gasteiger partial charge in [-0.1, -0.05) is 158 Å². The SMILES string of the molecule is CCCCCCCCCCCCCCCCCC(CC)[N+](c1ccccc1)(c1ccccc1)c1ccccc1. The van der Waals surface area contributed by atoms with Crippen LogP contribution in [0.2, 0.25) is 0 Å². The topological polar surface area (TPSA) is 0 Å². The Bertz CT molecular complexity index is 869. The molecule has 1 atom stereocenters. The Labute approximate surface area is 241 Å². The molecule has 0 spiro atoms. The molecule has 0 radical (unpaired) electrons. The van der Waals surface area contributed by atoms with E-state index in [1.165, 1.54) is 120 Å². The summed E-state index contributed by atoms with van der Waals surface area (Å²) < 4.78 is 0.803. The Morgan fingerprint density at radius 2 is 0.718 bits per heavy atom. The molecule has 0 heterocycles. The molecular weight excluding hydrogens is 470 g/mol. The summed E-state index contributed by atoms with van der Waals surface area (Å²) in [7, 11) is 0. The lowest BCUT2D eigenvalue weighted by Gasteiger charge is -2.43. The second kappa shape index (κ2) is 18.8. The number of nitrogens with zero attached hydrogens (tertiary/aromatic N) is 1. The maximum Gasteiger partial charge on any atom is 0.143 e. The van der Waals surface area contributed by atoms with Gasteiger partial charge in [-0.15, -0.1) is 0 Å². The Morgan fingerprint density at radius 1 is 0.410 bits per heavy atom. The lowest BCUT2D eigenvalue weighted by atomic mass is 9.96. The van der Waals surface area contributed by atoms with Gasteiger partial charge >= 0.3 is 0 Å². The molecule has 0 aliphatic carbocycles. The van der Waals surface area contributed by atoms with E-state index in [0.717, 1.165) is 10.9 Å². The van der Waals surface area contributed by atoms with Crippen molar-refractivity contribution in [3.63, 3.8) is 0 Å². The molecule has 1 unspecified atom stereocenters. The molecule has 0 aliphatic heterocycles. The molecule has 1 heteroatoms. The summed E-state index contributed by atoms with van der Waals surface area (Å²) in [5, 5.41) is 0. The fraction of sp³-hybridized carbons (Fsp3) is 0.526. The van der Waals surface area contributed by atoms with Crippen molar-refractivity contribution in [3.05, 3.63) is 91.0 Å². The predicted molar refractivity (Wildman–Crippen MR) is 174 cm³/mol. The molecule has 0 bridgehead atoms. The Hall–Kier alpha value is -2.38. The van der Waals surface area contributed by atoms with Crippen LogP contribution in [0.1, 0.15) is 123 Å². The summed E-state index contributed by atoms with van der Waals surface area (Å²) in [6, 6.07) is 34.1. The number of hydrogen-bond acceptors (Lipinski definition) is 0. The number of para-hydroxylation sites is 3. The van der Waals surface area contributed by atoms with E-state index < -0.39 is 0 Å². The fourth-order valence-corrected chi connectivity index (χ4v) is 6.49. The average Bonchev–Trinajstić information content (AvgIpc) is 3.00. The highest BCUT2D eigenvalue weighted by molar-refractivity contribution is 5.71. The van der Waals surface area contributed by atoms with Crippen LogP contribution in [0.15, 0.2) is 91.0 Å². The quantitative estimate of drug-likeness (QED) is 0.0956. The van der Waals surface area contributed by atoms with Gasteiger partial charge in [0.1, 0.15) is 23.1 Å². The summed E-state index contributed by atoms with van der Waals surface area (Å²) in [4.78, 5) is 0. The summed E-state index contributed by atoms with van der Waals surface area (Å²) >= 11 is 0. The third kappa shape index (κ3) is 9.64. The molecule has 0 aromatic heterocycles. The minimum atomic E-state index is 0.499. The molecule has 3 aromatic rings. The minimum Gasteiger partial charge on any atom is -0.224 e. The van der Waals surface area contributed by atoms with Gasteiger partial charge in [0.25, 0.3) is 0 Å². The Morgan fingerprint density at radius 3 is 1.03 bits per heavy atom. The smallest absolute Gasteiger partial charge is 0.143 e. The second-order valence-corrected chi connectivity index (χ2v) is 11.5. The number of benzene rings is 3. The number of unbranched alkanes of at least 4 members (excludes halogenated alkanes) is 14. The standard InChI is InChI=1S/C38H56N/c1-3-5-6-7-8-9-10-11-12-13-14-15-16-17-21-28-35(4-2)39(36-29-22-18-23-30-36,37-31-24-19-25-32-37)38-33-26-20-27-34-38/h18-20,22-27,29-35H,3-17,21,28H2,1-2H3/q+1. The van der Waals surface area contributed by atoms with E-state index in [-0.39, 0.29) is 0 Å². The van der Waals surface area contributed by atoms with E-state index in [9.17, 15) is 0 Å². The molecule has 3 aromatic carbocycles. The highest BCUT2D eigenvalue weighted by atomic mass is 15.4. The molecule has 0 saturated carbocycles. The summed E-state index contributed by atoms with van der Waals surface area (Å²) in [6.07, 6.45) is 23.6. The van der Waals surface area contributed by atoms with Gasteiger partial charge in [-0.2, -0.15) is 0 Å². The van der Waals surface area contributed by atoms with Crippen LogP contribution >= 0.6 is 0 Å². The first-order valence-electron chi connectivity index (χ1n) is 16.4. The maximum absolute atomic E-state index is 2.39. The number of hydrogen-bond donors (Lipinski definition) is 0. The van der Waals surface area contributed by atoms with Gasteiger partial charge < -0.3 is 0 Å². The normalized spacial score (nSPS) is 12.5. The molecule has 1 nitrogen and oxygen atoms in total. The van der Waals surface area contributed by atoms with Crippen LogP contribution in [0.25, 0.3) is 0 Å². The van der Waals surface area contributed by atoms with E-state index in [2.05, 4.69) is 105 Å². The largest absolute Gasteiger partial charge is 0.224 e. The van der Waals surface area contributed by atoms with Crippen molar-refractivity contribution >= 4 is 17.1 Å². The van der Waals surface area contributed by atoms with Crippen molar-refractivity contribution < 1.29 is 0 Å². The Balaban J connectivity index is 1.51. The van der Waals surface area contributed by atoms with E-state index in [4.69, 9.17) is 0 Å². The molecular formula is C38H56N+. The average molecular weight is 527 g/mol. The lowest BCUT2D eigenvalue weighted by molar-refractivity contribution is 0.337. The van der Waals surface area contributed by atoms with Crippen LogP contribution in [0, 0.1) is 0 Å². The third-order valence-electron chi connectivity index (χ3n) is 8.65. The van der Waals surface area contributed by atoms with Crippen molar-refractivity contribution in [2.24, 2.45) is 0 Å². The van der Waals surface area contributed by atoms with E-state index in [1.54, 1.807) is 0 Å². The number of rotatable bonds is 21. The number of quaternary nitrogens is 1. The first-order chi connectivity index (χ1) is 19.3. The second-order valence-electron chi connectivity index (χ2n) is 11.5. The highest BCUT2D eigenvalue weighted by Gasteiger charge is 2.42. The van der Waals surface area contributed by atoms with Gasteiger partial charge in [-0.05, 0) is 49.2 Å². The van der Waals surface area contributed by atoms with Crippen LogP contribution in [0.3, 0.4) is 0 Å². The van der Waals surface area contributed by atoms with Gasteiger partial charge in [-0.3, -0.25) is 0 Å². The monoisotopic (exact) mass is 526 g/mol. The summed E-state index contributed by atoms with van der Waals surface area (Å²) in [6.45, 7) is 4.69. The molecule has 3 rings (SSSR count). The first kappa shape index (κ1) is 31.2. The van der Waals surface area contributed by atoms with Crippen molar-refractivity contribution in [2.75, 3.05) is 0 Å². The van der Waals surface area contributed by atoms with Crippen molar-refractivity contribution in [2.45, 2.75) is 129 Å². The van der Waals surface area contributed by atoms with Gasteiger partial charge in [0.15, 0.2) is 0 Å². The summed E-state index contributed by atoms with van der Waals surface area (Å²) in [5.41, 5.74) is 4.09. The minimum absolute atomic E-state index is 0.499. The van der Waals surface area contributed by atoms with Crippen LogP contribution in [-0.2, 0) is 0 Å². The molecule has 0 fully saturated rings. The highest BCUT2D eigenvalue weighted by Crippen LogP contribution is 2.48. The lowest BCUT2D eigenvalue weighted by Crippen LogP contribution is -2.48. The van der Waals surface area contributed by atoms with E-state index in [0.29, 0.717) is 6.04 Å². The molecule has 0 saturated heterocycles. The van der Waals surface area contributed by atoms with Gasteiger partial charge in [0.05, 0.1) is 0 Å². The van der Waals surface area contributed by atoms with Crippen LogP contribution < -0.4 is 4.48 Å². The molecule has 0 amide bonds. The fourth-order valence-electron chi connectivity index (χ4n) is 6.49. The van der Waals surface area contributed by atoms with Gasteiger partial charge in [0.2, 0.25) is 0 Å². The molecule has 0 N–H and O–H groups in total. The van der Waals surface area contributed by atoms with Crippen LogP contribution in [-0.4, -0.2) is 6.04 Å². The zero-order chi connectivity index (χ0) is 27.4. The first-order valence-corrected chi connectivity index (χ1v) is 16.4. The van der Waals surface area contributed by atoms with E-state index in [1.807, 2.05) is 0 Å². The van der Waals surface area contributed by atoms with Gasteiger partial charge in [0, 0.05) is 6.42 Å².